The van der Waals surface area contributed by atoms with E-state index in [0.29, 0.717) is 42.8 Å². The summed E-state index contributed by atoms with van der Waals surface area (Å²) in [6, 6.07) is 7.65. The second-order valence-electron chi connectivity index (χ2n) is 6.79. The number of amides is 1. The fourth-order valence-electron chi connectivity index (χ4n) is 3.47. The van der Waals surface area contributed by atoms with Crippen LogP contribution in [0.1, 0.15) is 22.3 Å². The standard InChI is InChI=1S/C19H20ClN5O3/c1-28-13-4-2-11(3-5-13)8-25-10-14-16(23-25)15(18(21)27)17(20)22-19(14)24-7-6-12(26)9-24/h2-5,10,12,26H,6-9H2,1H3,(H2,21,27)/t12-/m1/s1. The Balaban J connectivity index is 1.78. The Morgan fingerprint density at radius 1 is 1.39 bits per heavy atom. The van der Waals surface area contributed by atoms with Gasteiger partial charge in [0, 0.05) is 19.3 Å². The number of anilines is 1. The zero-order valence-electron chi connectivity index (χ0n) is 15.3. The maximum absolute atomic E-state index is 11.9. The predicted octanol–water partition coefficient (Wildman–Crippen LogP) is 1.81. The highest BCUT2D eigenvalue weighted by molar-refractivity contribution is 6.34. The zero-order chi connectivity index (χ0) is 19.8. The molecule has 28 heavy (non-hydrogen) atoms. The van der Waals surface area contributed by atoms with Gasteiger partial charge in [-0.05, 0) is 24.1 Å². The number of carbonyl (C=O) groups excluding carboxylic acids is 1. The number of aliphatic hydroxyl groups is 1. The quantitative estimate of drug-likeness (QED) is 0.631. The first kappa shape index (κ1) is 18.5. The first-order chi connectivity index (χ1) is 13.5. The van der Waals surface area contributed by atoms with Crippen LogP contribution in [0.25, 0.3) is 10.9 Å². The molecular weight excluding hydrogens is 382 g/mol. The molecule has 0 saturated carbocycles. The summed E-state index contributed by atoms with van der Waals surface area (Å²) in [7, 11) is 1.62. The second kappa shape index (κ2) is 7.29. The van der Waals surface area contributed by atoms with Crippen LogP contribution in [-0.4, -0.2) is 52.1 Å². The summed E-state index contributed by atoms with van der Waals surface area (Å²) in [5.41, 5.74) is 7.06. The van der Waals surface area contributed by atoms with Crippen LogP contribution in [-0.2, 0) is 6.54 Å². The molecule has 146 valence electrons. The Morgan fingerprint density at radius 3 is 2.75 bits per heavy atom. The van der Waals surface area contributed by atoms with Crippen molar-refractivity contribution in [3.63, 3.8) is 0 Å². The lowest BCUT2D eigenvalue weighted by Crippen LogP contribution is -2.23. The average Bonchev–Trinajstić information content (AvgIpc) is 3.27. The number of rotatable bonds is 5. The maximum atomic E-state index is 11.9. The van der Waals surface area contributed by atoms with E-state index in [1.165, 1.54) is 0 Å². The number of primary amides is 1. The van der Waals surface area contributed by atoms with Gasteiger partial charge in [0.2, 0.25) is 0 Å². The van der Waals surface area contributed by atoms with E-state index in [1.54, 1.807) is 11.8 Å². The summed E-state index contributed by atoms with van der Waals surface area (Å²) in [5.74, 6) is 0.698. The SMILES string of the molecule is COc1ccc(Cn2cc3c(N4CC[C@@H](O)C4)nc(Cl)c(C(N)=O)c3n2)cc1. The fraction of sp³-hybridized carbons (Fsp3) is 0.316. The van der Waals surface area contributed by atoms with Crippen LogP contribution >= 0.6 is 11.6 Å². The van der Waals surface area contributed by atoms with Gasteiger partial charge in [-0.15, -0.1) is 0 Å². The van der Waals surface area contributed by atoms with Gasteiger partial charge in [-0.3, -0.25) is 9.48 Å². The summed E-state index contributed by atoms with van der Waals surface area (Å²) in [5, 5.41) is 15.1. The third kappa shape index (κ3) is 3.36. The summed E-state index contributed by atoms with van der Waals surface area (Å²) in [6.07, 6.45) is 2.06. The van der Waals surface area contributed by atoms with E-state index in [1.807, 2.05) is 35.4 Å². The van der Waals surface area contributed by atoms with E-state index in [9.17, 15) is 9.90 Å². The Labute approximate surface area is 166 Å². The Bertz CT molecular complexity index is 1030. The highest BCUT2D eigenvalue weighted by Crippen LogP contribution is 2.33. The van der Waals surface area contributed by atoms with Crippen molar-refractivity contribution in [2.75, 3.05) is 25.1 Å². The number of aliphatic hydroxyl groups excluding tert-OH is 1. The van der Waals surface area contributed by atoms with Gasteiger partial charge in [0.05, 0.1) is 25.1 Å². The number of methoxy groups -OCH3 is 1. The van der Waals surface area contributed by atoms with Crippen molar-refractivity contribution in [1.82, 2.24) is 14.8 Å². The average molecular weight is 402 g/mol. The van der Waals surface area contributed by atoms with Crippen LogP contribution in [0.4, 0.5) is 5.82 Å². The van der Waals surface area contributed by atoms with Crippen LogP contribution in [0, 0.1) is 0 Å². The van der Waals surface area contributed by atoms with Gasteiger partial charge >= 0.3 is 0 Å². The van der Waals surface area contributed by atoms with E-state index in [4.69, 9.17) is 22.1 Å². The molecule has 0 unspecified atom stereocenters. The van der Waals surface area contributed by atoms with Gasteiger partial charge in [0.1, 0.15) is 27.8 Å². The van der Waals surface area contributed by atoms with Crippen molar-refractivity contribution in [3.05, 3.63) is 46.7 Å². The molecule has 3 aromatic rings. The van der Waals surface area contributed by atoms with Crippen molar-refractivity contribution < 1.29 is 14.6 Å². The number of nitrogens with two attached hydrogens (primary N) is 1. The van der Waals surface area contributed by atoms with E-state index in [0.717, 1.165) is 11.3 Å². The molecule has 0 bridgehead atoms. The monoisotopic (exact) mass is 401 g/mol. The summed E-state index contributed by atoms with van der Waals surface area (Å²) < 4.78 is 6.91. The summed E-state index contributed by atoms with van der Waals surface area (Å²) in [4.78, 5) is 18.3. The zero-order valence-corrected chi connectivity index (χ0v) is 16.1. The molecule has 3 heterocycles. The minimum Gasteiger partial charge on any atom is -0.497 e. The van der Waals surface area contributed by atoms with E-state index in [2.05, 4.69) is 10.1 Å². The number of hydrogen-bond donors (Lipinski definition) is 2. The third-order valence-electron chi connectivity index (χ3n) is 4.86. The summed E-state index contributed by atoms with van der Waals surface area (Å²) >= 11 is 6.26. The molecule has 0 spiro atoms. The minimum atomic E-state index is -0.676. The molecule has 4 rings (SSSR count). The number of ether oxygens (including phenoxy) is 1. The van der Waals surface area contributed by atoms with Crippen molar-refractivity contribution in [2.24, 2.45) is 5.73 Å². The first-order valence-electron chi connectivity index (χ1n) is 8.88. The highest BCUT2D eigenvalue weighted by atomic mass is 35.5. The molecule has 3 N–H and O–H groups in total. The Kier molecular flexibility index (Phi) is 4.82. The molecule has 0 radical (unpaired) electrons. The molecule has 1 aliphatic rings. The third-order valence-corrected chi connectivity index (χ3v) is 5.14. The van der Waals surface area contributed by atoms with Crippen molar-refractivity contribution >= 4 is 34.2 Å². The number of nitrogens with zero attached hydrogens (tertiary/aromatic N) is 4. The molecule has 1 fully saturated rings. The van der Waals surface area contributed by atoms with Crippen LogP contribution < -0.4 is 15.4 Å². The molecule has 1 atom stereocenters. The van der Waals surface area contributed by atoms with E-state index < -0.39 is 12.0 Å². The highest BCUT2D eigenvalue weighted by Gasteiger charge is 2.27. The lowest BCUT2D eigenvalue weighted by Gasteiger charge is -2.18. The Morgan fingerprint density at radius 2 is 2.14 bits per heavy atom. The first-order valence-corrected chi connectivity index (χ1v) is 9.26. The number of fused-ring (bicyclic) bond motifs is 1. The number of β-amino-alcohol motifs (C(OH)–C–C–N with tert-alkyl or cyclic N) is 1. The van der Waals surface area contributed by atoms with Crippen molar-refractivity contribution in [1.29, 1.82) is 0 Å². The van der Waals surface area contributed by atoms with E-state index >= 15 is 0 Å². The van der Waals surface area contributed by atoms with Gasteiger partial charge < -0.3 is 20.5 Å². The molecule has 1 saturated heterocycles. The molecule has 9 heteroatoms. The summed E-state index contributed by atoms with van der Waals surface area (Å²) in [6.45, 7) is 1.60. The number of aromatic nitrogens is 3. The molecule has 2 aromatic heterocycles. The van der Waals surface area contributed by atoms with Crippen LogP contribution in [0.2, 0.25) is 5.15 Å². The number of benzene rings is 1. The maximum Gasteiger partial charge on any atom is 0.254 e. The molecule has 8 nitrogen and oxygen atoms in total. The normalized spacial score (nSPS) is 16.7. The van der Waals surface area contributed by atoms with Gasteiger partial charge in [0.15, 0.2) is 0 Å². The van der Waals surface area contributed by atoms with Crippen LogP contribution in [0.3, 0.4) is 0 Å². The van der Waals surface area contributed by atoms with Gasteiger partial charge in [0.25, 0.3) is 5.91 Å². The van der Waals surface area contributed by atoms with Crippen molar-refractivity contribution in [3.8, 4) is 5.75 Å². The smallest absolute Gasteiger partial charge is 0.254 e. The van der Waals surface area contributed by atoms with Crippen LogP contribution in [0.5, 0.6) is 5.75 Å². The second-order valence-corrected chi connectivity index (χ2v) is 7.15. The van der Waals surface area contributed by atoms with Crippen molar-refractivity contribution in [2.45, 2.75) is 19.1 Å². The largest absolute Gasteiger partial charge is 0.497 e. The number of pyridine rings is 1. The number of hydrogen-bond acceptors (Lipinski definition) is 6. The fourth-order valence-corrected chi connectivity index (χ4v) is 3.73. The number of halogens is 1. The predicted molar refractivity (Wildman–Crippen MR) is 106 cm³/mol. The lowest BCUT2D eigenvalue weighted by molar-refractivity contribution is 0.100. The van der Waals surface area contributed by atoms with E-state index in [-0.39, 0.29) is 10.7 Å². The molecule has 0 aliphatic carbocycles. The van der Waals surface area contributed by atoms with Gasteiger partial charge in [-0.1, -0.05) is 23.7 Å². The van der Waals surface area contributed by atoms with Gasteiger partial charge in [-0.25, -0.2) is 4.98 Å². The molecule has 1 aliphatic heterocycles. The molecule has 1 aromatic carbocycles. The minimum absolute atomic E-state index is 0.0195. The Hall–Kier alpha value is -2.84. The lowest BCUT2D eigenvalue weighted by atomic mass is 10.2. The number of carbonyl (C=O) groups is 1. The molecule has 1 amide bonds. The molecular formula is C19H20ClN5O3. The topological polar surface area (TPSA) is 106 Å². The van der Waals surface area contributed by atoms with Crippen LogP contribution in [0.15, 0.2) is 30.5 Å². The van der Waals surface area contributed by atoms with Gasteiger partial charge in [-0.2, -0.15) is 5.10 Å².